The summed E-state index contributed by atoms with van der Waals surface area (Å²) in [4.78, 5) is 12.0. The first-order chi connectivity index (χ1) is 9.95. The van der Waals surface area contributed by atoms with Gasteiger partial charge in [-0.15, -0.1) is 0 Å². The molecule has 110 valence electrons. The summed E-state index contributed by atoms with van der Waals surface area (Å²) in [7, 11) is 0. The second-order valence-electron chi connectivity index (χ2n) is 5.09. The van der Waals surface area contributed by atoms with Crippen molar-refractivity contribution in [1.82, 2.24) is 0 Å². The highest BCUT2D eigenvalue weighted by Crippen LogP contribution is 2.25. The smallest absolute Gasteiger partial charge is 0.224 e. The number of anilines is 1. The molecule has 4 heteroatoms. The van der Waals surface area contributed by atoms with Gasteiger partial charge in [0.05, 0.1) is 10.7 Å². The van der Waals surface area contributed by atoms with Gasteiger partial charge in [-0.25, -0.2) is 0 Å². The van der Waals surface area contributed by atoms with Crippen LogP contribution in [0, 0.1) is 13.8 Å². The summed E-state index contributed by atoms with van der Waals surface area (Å²) in [5.74, 6) is -0.0719. The van der Waals surface area contributed by atoms with E-state index in [0.717, 1.165) is 5.56 Å². The molecule has 2 rings (SSSR count). The molecule has 1 amide bonds. The minimum atomic E-state index is -0.0719. The van der Waals surface area contributed by atoms with E-state index in [1.807, 2.05) is 0 Å². The van der Waals surface area contributed by atoms with Crippen LogP contribution in [0.3, 0.4) is 0 Å². The summed E-state index contributed by atoms with van der Waals surface area (Å²) >= 11 is 11.9. The average molecular weight is 322 g/mol. The molecule has 0 bridgehead atoms. The molecule has 0 saturated carbocycles. The molecule has 21 heavy (non-hydrogen) atoms. The normalized spacial score (nSPS) is 10.5. The summed E-state index contributed by atoms with van der Waals surface area (Å²) < 4.78 is 0. The summed E-state index contributed by atoms with van der Waals surface area (Å²) in [5.41, 5.74) is 4.21. The first-order valence-electron chi connectivity index (χ1n) is 6.77. The maximum atomic E-state index is 12.0. The number of hydrogen-bond acceptors (Lipinski definition) is 1. The van der Waals surface area contributed by atoms with E-state index < -0.39 is 0 Å². The van der Waals surface area contributed by atoms with E-state index in [0.29, 0.717) is 28.6 Å². The predicted octanol–water partition coefficient (Wildman–Crippen LogP) is 5.18. The zero-order valence-corrected chi connectivity index (χ0v) is 13.6. The molecule has 0 fully saturated rings. The molecule has 0 aliphatic heterocycles. The van der Waals surface area contributed by atoms with Crippen LogP contribution in [0.2, 0.25) is 10.0 Å². The fourth-order valence-corrected chi connectivity index (χ4v) is 2.36. The lowest BCUT2D eigenvalue weighted by atomic mass is 10.0. The van der Waals surface area contributed by atoms with Crippen molar-refractivity contribution in [2.45, 2.75) is 26.7 Å². The zero-order chi connectivity index (χ0) is 15.4. The van der Waals surface area contributed by atoms with Crippen LogP contribution in [0.25, 0.3) is 0 Å². The van der Waals surface area contributed by atoms with E-state index in [-0.39, 0.29) is 5.91 Å². The molecule has 0 unspecified atom stereocenters. The second-order valence-corrected chi connectivity index (χ2v) is 5.93. The fraction of sp³-hybridized carbons (Fsp3) is 0.235. The number of aryl methyl sites for hydroxylation is 3. The van der Waals surface area contributed by atoms with Gasteiger partial charge in [-0.3, -0.25) is 4.79 Å². The molecule has 0 heterocycles. The number of carbonyl (C=O) groups is 1. The van der Waals surface area contributed by atoms with Gasteiger partial charge in [0.1, 0.15) is 0 Å². The van der Waals surface area contributed by atoms with E-state index >= 15 is 0 Å². The Kier molecular flexibility index (Phi) is 5.27. The molecule has 0 radical (unpaired) electrons. The highest BCUT2D eigenvalue weighted by molar-refractivity contribution is 6.35. The highest BCUT2D eigenvalue weighted by atomic mass is 35.5. The van der Waals surface area contributed by atoms with Crippen LogP contribution in [0.5, 0.6) is 0 Å². The van der Waals surface area contributed by atoms with Gasteiger partial charge in [-0.2, -0.15) is 0 Å². The number of hydrogen-bond donors (Lipinski definition) is 1. The first-order valence-corrected chi connectivity index (χ1v) is 7.52. The predicted molar refractivity (Wildman–Crippen MR) is 89.3 cm³/mol. The number of rotatable bonds is 4. The molecule has 0 spiro atoms. The molecule has 0 aliphatic rings. The quantitative estimate of drug-likeness (QED) is 0.825. The van der Waals surface area contributed by atoms with Crippen LogP contribution < -0.4 is 5.32 Å². The molecule has 0 saturated heterocycles. The fourth-order valence-electron chi connectivity index (χ4n) is 2.02. The summed E-state index contributed by atoms with van der Waals surface area (Å²) in [6.45, 7) is 4.15. The molecular weight excluding hydrogens is 305 g/mol. The van der Waals surface area contributed by atoms with Crippen molar-refractivity contribution in [1.29, 1.82) is 0 Å². The Morgan fingerprint density at radius 2 is 1.81 bits per heavy atom. The van der Waals surface area contributed by atoms with Gasteiger partial charge in [0.2, 0.25) is 5.91 Å². The Morgan fingerprint density at radius 3 is 2.52 bits per heavy atom. The van der Waals surface area contributed by atoms with E-state index in [9.17, 15) is 4.79 Å². The zero-order valence-electron chi connectivity index (χ0n) is 12.0. The second kappa shape index (κ2) is 6.97. The first kappa shape index (κ1) is 15.9. The Bertz CT molecular complexity index is 668. The molecule has 0 atom stereocenters. The monoisotopic (exact) mass is 321 g/mol. The maximum Gasteiger partial charge on any atom is 0.224 e. The van der Waals surface area contributed by atoms with Crippen molar-refractivity contribution < 1.29 is 4.79 Å². The lowest BCUT2D eigenvalue weighted by Crippen LogP contribution is -2.12. The van der Waals surface area contributed by atoms with Gasteiger partial charge >= 0.3 is 0 Å². The van der Waals surface area contributed by atoms with Crippen LogP contribution >= 0.6 is 23.2 Å². The molecule has 0 aromatic heterocycles. The maximum absolute atomic E-state index is 12.0. The van der Waals surface area contributed by atoms with Crippen LogP contribution in [0.4, 0.5) is 5.69 Å². The van der Waals surface area contributed by atoms with Crippen molar-refractivity contribution in [2.75, 3.05) is 5.32 Å². The minimum absolute atomic E-state index is 0.0719. The van der Waals surface area contributed by atoms with Gasteiger partial charge in [0.25, 0.3) is 0 Å². The van der Waals surface area contributed by atoms with E-state index in [2.05, 4.69) is 37.4 Å². The number of halogens is 2. The molecular formula is C17H17Cl2NO. The van der Waals surface area contributed by atoms with Gasteiger partial charge in [0.15, 0.2) is 0 Å². The van der Waals surface area contributed by atoms with Crippen LogP contribution in [0.1, 0.15) is 23.1 Å². The average Bonchev–Trinajstić information content (AvgIpc) is 2.44. The number of amides is 1. The van der Waals surface area contributed by atoms with E-state index in [4.69, 9.17) is 23.2 Å². The van der Waals surface area contributed by atoms with Crippen molar-refractivity contribution in [3.05, 3.63) is 63.1 Å². The van der Waals surface area contributed by atoms with Crippen molar-refractivity contribution in [2.24, 2.45) is 0 Å². The van der Waals surface area contributed by atoms with Crippen LogP contribution in [-0.2, 0) is 11.2 Å². The highest BCUT2D eigenvalue weighted by Gasteiger charge is 2.07. The third-order valence-corrected chi connectivity index (χ3v) is 3.98. The van der Waals surface area contributed by atoms with E-state index in [1.54, 1.807) is 18.2 Å². The van der Waals surface area contributed by atoms with Crippen molar-refractivity contribution in [3.8, 4) is 0 Å². The topological polar surface area (TPSA) is 29.1 Å². The van der Waals surface area contributed by atoms with Gasteiger partial charge in [-0.1, -0.05) is 41.4 Å². The Hall–Kier alpha value is -1.51. The number of carbonyl (C=O) groups excluding carboxylic acids is 1. The largest absolute Gasteiger partial charge is 0.325 e. The van der Waals surface area contributed by atoms with Crippen molar-refractivity contribution in [3.63, 3.8) is 0 Å². The molecule has 2 aromatic rings. The van der Waals surface area contributed by atoms with Gasteiger partial charge in [0, 0.05) is 11.4 Å². The Labute approximate surface area is 135 Å². The number of nitrogens with one attached hydrogen (secondary N) is 1. The molecule has 0 aliphatic carbocycles. The Balaban J connectivity index is 1.95. The standard InChI is InChI=1S/C17H17Cl2NO/c1-11-3-4-13(9-12(11)2)5-8-17(21)20-16-10-14(18)6-7-15(16)19/h3-4,6-7,9-10H,5,8H2,1-2H3,(H,20,21). The van der Waals surface area contributed by atoms with Gasteiger partial charge in [-0.05, 0) is 55.2 Å². The van der Waals surface area contributed by atoms with Crippen molar-refractivity contribution >= 4 is 34.8 Å². The minimum Gasteiger partial charge on any atom is -0.325 e. The summed E-state index contributed by atoms with van der Waals surface area (Å²) in [6.07, 6.45) is 1.11. The third kappa shape index (κ3) is 4.48. The lowest BCUT2D eigenvalue weighted by molar-refractivity contribution is -0.116. The summed E-state index contributed by atoms with van der Waals surface area (Å²) in [5, 5.41) is 3.82. The Morgan fingerprint density at radius 1 is 1.05 bits per heavy atom. The summed E-state index contributed by atoms with van der Waals surface area (Å²) in [6, 6.07) is 11.3. The molecule has 1 N–H and O–H groups in total. The van der Waals surface area contributed by atoms with Crippen LogP contribution in [0.15, 0.2) is 36.4 Å². The SMILES string of the molecule is Cc1ccc(CCC(=O)Nc2cc(Cl)ccc2Cl)cc1C. The van der Waals surface area contributed by atoms with E-state index in [1.165, 1.54) is 11.1 Å². The van der Waals surface area contributed by atoms with Crippen LogP contribution in [-0.4, -0.2) is 5.91 Å². The molecule has 2 nitrogen and oxygen atoms in total. The number of benzene rings is 2. The van der Waals surface area contributed by atoms with Gasteiger partial charge < -0.3 is 5.32 Å². The molecule has 2 aromatic carbocycles. The lowest BCUT2D eigenvalue weighted by Gasteiger charge is -2.08. The third-order valence-electron chi connectivity index (χ3n) is 3.41.